The van der Waals surface area contributed by atoms with E-state index in [1.165, 1.54) is 12.1 Å². The Morgan fingerprint density at radius 3 is 2.59 bits per heavy atom. The van der Waals surface area contributed by atoms with Crippen LogP contribution in [0, 0.1) is 10.1 Å². The van der Waals surface area contributed by atoms with Crippen molar-refractivity contribution in [2.75, 3.05) is 24.7 Å². The smallest absolute Gasteiger partial charge is 0.293 e. The average molecular weight is 259 g/mol. The molecule has 0 aliphatic carbocycles. The van der Waals surface area contributed by atoms with E-state index in [-0.39, 0.29) is 16.3 Å². The van der Waals surface area contributed by atoms with Crippen molar-refractivity contribution in [2.45, 2.75) is 4.90 Å². The molecule has 0 atom stereocenters. The first-order valence-electron chi connectivity index (χ1n) is 4.78. The highest BCUT2D eigenvalue weighted by Crippen LogP contribution is 2.27. The van der Waals surface area contributed by atoms with Gasteiger partial charge < -0.3 is 11.1 Å². The van der Waals surface area contributed by atoms with Crippen LogP contribution >= 0.6 is 0 Å². The molecule has 0 aliphatic rings. The van der Waals surface area contributed by atoms with Gasteiger partial charge in [0.2, 0.25) is 0 Å². The van der Waals surface area contributed by atoms with Gasteiger partial charge in [0.05, 0.1) is 9.82 Å². The zero-order chi connectivity index (χ0) is 13.1. The summed E-state index contributed by atoms with van der Waals surface area (Å²) in [5.74, 6) is 0. The number of nitrogens with one attached hydrogen (secondary N) is 1. The van der Waals surface area contributed by atoms with Gasteiger partial charge in [-0.25, -0.2) is 8.42 Å². The average Bonchev–Trinajstić information content (AvgIpc) is 2.24. The van der Waals surface area contributed by atoms with E-state index in [0.29, 0.717) is 13.1 Å². The van der Waals surface area contributed by atoms with Crippen molar-refractivity contribution >= 4 is 21.2 Å². The first kappa shape index (κ1) is 13.4. The van der Waals surface area contributed by atoms with Crippen LogP contribution in [-0.2, 0) is 9.84 Å². The highest BCUT2D eigenvalue weighted by molar-refractivity contribution is 7.90. The second kappa shape index (κ2) is 5.11. The van der Waals surface area contributed by atoms with E-state index in [4.69, 9.17) is 5.73 Å². The normalized spacial score (nSPS) is 11.2. The van der Waals surface area contributed by atoms with Gasteiger partial charge in [0, 0.05) is 25.4 Å². The lowest BCUT2D eigenvalue weighted by molar-refractivity contribution is -0.384. The maximum Gasteiger partial charge on any atom is 0.293 e. The Hall–Kier alpha value is -1.67. The molecule has 0 unspecified atom stereocenters. The van der Waals surface area contributed by atoms with Crippen LogP contribution in [0.4, 0.5) is 11.4 Å². The second-order valence-corrected chi connectivity index (χ2v) is 5.44. The molecular formula is C9H13N3O4S. The first-order chi connectivity index (χ1) is 7.86. The summed E-state index contributed by atoms with van der Waals surface area (Å²) in [7, 11) is -3.45. The number of sulfone groups is 1. The SMILES string of the molecule is CS(=O)(=O)c1ccc(NCCN)c([N+](=O)[O-])c1. The van der Waals surface area contributed by atoms with E-state index < -0.39 is 14.8 Å². The molecular weight excluding hydrogens is 246 g/mol. The Labute approximate surface area is 98.7 Å². The summed E-state index contributed by atoms with van der Waals surface area (Å²) in [6.45, 7) is 0.698. The largest absolute Gasteiger partial charge is 0.378 e. The minimum Gasteiger partial charge on any atom is -0.378 e. The van der Waals surface area contributed by atoms with Crippen LogP contribution in [0.5, 0.6) is 0 Å². The van der Waals surface area contributed by atoms with Gasteiger partial charge in [-0.1, -0.05) is 0 Å². The van der Waals surface area contributed by atoms with E-state index >= 15 is 0 Å². The number of nitro groups is 1. The zero-order valence-electron chi connectivity index (χ0n) is 9.21. The predicted molar refractivity (Wildman–Crippen MR) is 63.8 cm³/mol. The van der Waals surface area contributed by atoms with E-state index in [9.17, 15) is 18.5 Å². The molecule has 0 bridgehead atoms. The van der Waals surface area contributed by atoms with Crippen LogP contribution in [0.15, 0.2) is 23.1 Å². The topological polar surface area (TPSA) is 115 Å². The lowest BCUT2D eigenvalue weighted by atomic mass is 10.2. The molecule has 1 aromatic rings. The van der Waals surface area contributed by atoms with Crippen molar-refractivity contribution in [3.05, 3.63) is 28.3 Å². The first-order valence-corrected chi connectivity index (χ1v) is 6.68. The number of nitrogens with zero attached hydrogens (tertiary/aromatic N) is 1. The minimum absolute atomic E-state index is 0.0810. The highest BCUT2D eigenvalue weighted by atomic mass is 32.2. The Balaban J connectivity index is 3.22. The Morgan fingerprint density at radius 1 is 1.47 bits per heavy atom. The van der Waals surface area contributed by atoms with Gasteiger partial charge in [-0.05, 0) is 12.1 Å². The minimum atomic E-state index is -3.45. The Bertz CT molecular complexity index is 527. The van der Waals surface area contributed by atoms with E-state index in [0.717, 1.165) is 12.3 Å². The van der Waals surface area contributed by atoms with Gasteiger partial charge >= 0.3 is 0 Å². The number of benzene rings is 1. The van der Waals surface area contributed by atoms with Crippen molar-refractivity contribution in [3.63, 3.8) is 0 Å². The lowest BCUT2D eigenvalue weighted by Crippen LogP contribution is -2.14. The molecule has 1 aromatic carbocycles. The molecule has 0 aromatic heterocycles. The van der Waals surface area contributed by atoms with Gasteiger partial charge in [0.25, 0.3) is 5.69 Å². The fourth-order valence-corrected chi connectivity index (χ4v) is 1.89. The van der Waals surface area contributed by atoms with Gasteiger partial charge in [-0.2, -0.15) is 0 Å². The molecule has 0 saturated heterocycles. The van der Waals surface area contributed by atoms with Crippen LogP contribution in [0.1, 0.15) is 0 Å². The molecule has 94 valence electrons. The maximum absolute atomic E-state index is 11.3. The van der Waals surface area contributed by atoms with E-state index in [1.807, 2.05) is 0 Å². The number of nitrogens with two attached hydrogens (primary N) is 1. The highest BCUT2D eigenvalue weighted by Gasteiger charge is 2.18. The molecule has 0 saturated carbocycles. The van der Waals surface area contributed by atoms with Crippen LogP contribution in [0.3, 0.4) is 0 Å². The second-order valence-electron chi connectivity index (χ2n) is 3.42. The van der Waals surface area contributed by atoms with Crippen LogP contribution in [-0.4, -0.2) is 32.7 Å². The van der Waals surface area contributed by atoms with Gasteiger partial charge in [-0.15, -0.1) is 0 Å². The summed E-state index contributed by atoms with van der Waals surface area (Å²) in [6.07, 6.45) is 0.999. The Morgan fingerprint density at radius 2 is 2.12 bits per heavy atom. The Kier molecular flexibility index (Phi) is 4.02. The van der Waals surface area contributed by atoms with Gasteiger partial charge in [0.1, 0.15) is 5.69 Å². The van der Waals surface area contributed by atoms with Crippen LogP contribution < -0.4 is 11.1 Å². The number of anilines is 1. The van der Waals surface area contributed by atoms with Crippen LogP contribution in [0.25, 0.3) is 0 Å². The number of rotatable bonds is 5. The molecule has 0 fully saturated rings. The number of hydrogen-bond donors (Lipinski definition) is 2. The molecule has 0 radical (unpaired) electrons. The van der Waals surface area contributed by atoms with Crippen molar-refractivity contribution in [1.82, 2.24) is 0 Å². The van der Waals surface area contributed by atoms with Crippen molar-refractivity contribution in [2.24, 2.45) is 5.73 Å². The number of hydrogen-bond acceptors (Lipinski definition) is 6. The third-order valence-electron chi connectivity index (χ3n) is 2.05. The molecule has 17 heavy (non-hydrogen) atoms. The summed E-state index contributed by atoms with van der Waals surface area (Å²) >= 11 is 0. The third-order valence-corrected chi connectivity index (χ3v) is 3.16. The lowest BCUT2D eigenvalue weighted by Gasteiger charge is -2.06. The monoisotopic (exact) mass is 259 g/mol. The zero-order valence-corrected chi connectivity index (χ0v) is 10.0. The van der Waals surface area contributed by atoms with Crippen LogP contribution in [0.2, 0.25) is 0 Å². The molecule has 0 heterocycles. The molecule has 3 N–H and O–H groups in total. The summed E-state index contributed by atoms with van der Waals surface area (Å²) in [5.41, 5.74) is 5.25. The summed E-state index contributed by atoms with van der Waals surface area (Å²) in [6, 6.07) is 3.72. The van der Waals surface area contributed by atoms with Crippen molar-refractivity contribution in [3.8, 4) is 0 Å². The number of nitro benzene ring substituents is 1. The standard InChI is InChI=1S/C9H13N3O4S/c1-17(15,16)7-2-3-8(11-5-4-10)9(6-7)12(13)14/h2-3,6,11H,4-5,10H2,1H3. The van der Waals surface area contributed by atoms with Gasteiger partial charge in [0.15, 0.2) is 9.84 Å². The quantitative estimate of drug-likeness (QED) is 0.583. The van der Waals surface area contributed by atoms with Crippen molar-refractivity contribution < 1.29 is 13.3 Å². The molecule has 0 spiro atoms. The third kappa shape index (κ3) is 3.40. The molecule has 8 heteroatoms. The molecule has 7 nitrogen and oxygen atoms in total. The van der Waals surface area contributed by atoms with E-state index in [2.05, 4.69) is 5.32 Å². The molecule has 1 rings (SSSR count). The van der Waals surface area contributed by atoms with Gasteiger partial charge in [-0.3, -0.25) is 10.1 Å². The predicted octanol–water partition coefficient (Wildman–Crippen LogP) is 0.369. The summed E-state index contributed by atoms with van der Waals surface area (Å²) < 4.78 is 22.5. The summed E-state index contributed by atoms with van der Waals surface area (Å²) in [4.78, 5) is 10.1. The van der Waals surface area contributed by atoms with E-state index in [1.54, 1.807) is 0 Å². The fourth-order valence-electron chi connectivity index (χ4n) is 1.25. The molecule has 0 aliphatic heterocycles. The maximum atomic E-state index is 11.3. The molecule has 0 amide bonds. The van der Waals surface area contributed by atoms with Crippen molar-refractivity contribution in [1.29, 1.82) is 0 Å². The fraction of sp³-hybridized carbons (Fsp3) is 0.333. The summed E-state index contributed by atoms with van der Waals surface area (Å²) in [5, 5.41) is 13.6.